The Balaban J connectivity index is 3.76. The molecule has 3 nitrogen and oxygen atoms in total. The van der Waals surface area contributed by atoms with Gasteiger partial charge in [-0.15, -0.1) is 0 Å². The maximum absolute atomic E-state index is 5.29. The quantitative estimate of drug-likeness (QED) is 0.459. The Morgan fingerprint density at radius 3 is 1.92 bits per heavy atom. The second kappa shape index (κ2) is 6.79. The summed E-state index contributed by atoms with van der Waals surface area (Å²) in [6, 6.07) is 2.31. The lowest BCUT2D eigenvalue weighted by atomic mass is 10.6. The van der Waals surface area contributed by atoms with E-state index in [0.29, 0.717) is 0 Å². The lowest BCUT2D eigenvalue weighted by molar-refractivity contribution is 0.123. The lowest BCUT2D eigenvalue weighted by Crippen LogP contribution is -2.42. The van der Waals surface area contributed by atoms with Gasteiger partial charge in [-0.25, -0.2) is 0 Å². The highest BCUT2D eigenvalue weighted by atomic mass is 28.4. The zero-order valence-electron chi connectivity index (χ0n) is 8.55. The predicted molar refractivity (Wildman–Crippen MR) is 55.4 cm³/mol. The summed E-state index contributed by atoms with van der Waals surface area (Å²) in [5, 5.41) is 0. The highest BCUT2D eigenvalue weighted by Crippen LogP contribution is 2.15. The monoisotopic (exact) mass is 208 g/mol. The first kappa shape index (κ1) is 12.3. The van der Waals surface area contributed by atoms with Crippen molar-refractivity contribution in [3.05, 3.63) is 0 Å². The fourth-order valence-corrected chi connectivity index (χ4v) is 4.19. The van der Waals surface area contributed by atoms with Crippen LogP contribution >= 0.6 is 0 Å². The van der Waals surface area contributed by atoms with E-state index in [4.69, 9.17) is 13.3 Å². The predicted octanol–water partition coefficient (Wildman–Crippen LogP) is 0.890. The molecule has 0 aliphatic carbocycles. The smallest absolute Gasteiger partial charge is 0.377 e. The van der Waals surface area contributed by atoms with Crippen LogP contribution in [0, 0.1) is 0 Å². The molecule has 0 fully saturated rings. The minimum atomic E-state index is -2.23. The zero-order chi connectivity index (χ0) is 9.45. The van der Waals surface area contributed by atoms with Gasteiger partial charge in [-0.3, -0.25) is 0 Å². The van der Waals surface area contributed by atoms with Crippen LogP contribution in [-0.2, 0) is 13.3 Å². The number of hydrogen-bond acceptors (Lipinski definition) is 3. The molecular weight excluding hydrogens is 188 g/mol. The summed E-state index contributed by atoms with van der Waals surface area (Å²) in [7, 11) is 2.95. The number of rotatable bonds is 7. The van der Waals surface area contributed by atoms with Gasteiger partial charge in [0.15, 0.2) is 0 Å². The Bertz CT molecular complexity index is 98.6. The molecule has 0 rings (SSSR count). The third kappa shape index (κ3) is 3.82. The van der Waals surface area contributed by atoms with Gasteiger partial charge in [-0.2, -0.15) is 0 Å². The summed E-state index contributed by atoms with van der Waals surface area (Å²) >= 11 is 0. The van der Waals surface area contributed by atoms with Gasteiger partial charge < -0.3 is 13.3 Å². The largest absolute Gasteiger partial charge is 0.500 e. The molecule has 0 radical (unpaired) electrons. The number of hydrogen-bond donors (Lipinski definition) is 0. The van der Waals surface area contributed by atoms with Gasteiger partial charge in [-0.05, 0) is 0 Å². The summed E-state index contributed by atoms with van der Waals surface area (Å²) in [4.78, 5) is 0. The van der Waals surface area contributed by atoms with Crippen LogP contribution in [0.1, 0.15) is 6.42 Å². The summed E-state index contributed by atoms with van der Waals surface area (Å²) in [5.74, 6) is 0. The van der Waals surface area contributed by atoms with E-state index in [0.717, 1.165) is 6.04 Å². The molecule has 0 saturated carbocycles. The molecule has 12 heavy (non-hydrogen) atoms. The average Bonchev–Trinajstić information content (AvgIpc) is 2.14. The Kier molecular flexibility index (Phi) is 6.97. The van der Waals surface area contributed by atoms with Gasteiger partial charge in [0.2, 0.25) is 0 Å². The van der Waals surface area contributed by atoms with Crippen molar-refractivity contribution in [2.45, 2.75) is 25.1 Å². The topological polar surface area (TPSA) is 27.7 Å². The molecule has 74 valence electrons. The first-order valence-electron chi connectivity index (χ1n) is 4.40. The SMILES string of the molecule is CO[Si](CCC[SiH2]C)(OC)OC. The summed E-state index contributed by atoms with van der Waals surface area (Å²) in [5.41, 5.74) is 0. The Labute approximate surface area is 78.6 Å². The Morgan fingerprint density at radius 2 is 1.58 bits per heavy atom. The highest BCUT2D eigenvalue weighted by molar-refractivity contribution is 6.60. The second-order valence-corrected chi connectivity index (χ2v) is 7.55. The first-order valence-corrected chi connectivity index (χ1v) is 8.74. The van der Waals surface area contributed by atoms with E-state index in [1.807, 2.05) is 0 Å². The van der Waals surface area contributed by atoms with Crippen molar-refractivity contribution in [2.24, 2.45) is 0 Å². The molecule has 0 aromatic rings. The molecule has 0 aliphatic heterocycles. The molecule has 0 atom stereocenters. The summed E-state index contributed by atoms with van der Waals surface area (Å²) < 4.78 is 15.9. The average molecular weight is 208 g/mol. The normalized spacial score (nSPS) is 13.0. The van der Waals surface area contributed by atoms with Gasteiger partial charge in [0.05, 0.1) is 0 Å². The van der Waals surface area contributed by atoms with Crippen molar-refractivity contribution in [3.8, 4) is 0 Å². The standard InChI is InChI=1S/C7H20O3Si2/c1-8-12(9-2,10-3)7-5-6-11-4/h5-7,11H2,1-4H3. The van der Waals surface area contributed by atoms with Gasteiger partial charge >= 0.3 is 8.80 Å². The van der Waals surface area contributed by atoms with Crippen LogP contribution in [0.2, 0.25) is 18.6 Å². The van der Waals surface area contributed by atoms with Gasteiger partial charge in [0.25, 0.3) is 0 Å². The van der Waals surface area contributed by atoms with E-state index in [2.05, 4.69) is 6.55 Å². The fraction of sp³-hybridized carbons (Fsp3) is 1.00. The van der Waals surface area contributed by atoms with Gasteiger partial charge in [0.1, 0.15) is 0 Å². The molecule has 0 unspecified atom stereocenters. The maximum atomic E-state index is 5.29. The second-order valence-electron chi connectivity index (χ2n) is 2.75. The van der Waals surface area contributed by atoms with Gasteiger partial charge in [-0.1, -0.05) is 19.0 Å². The van der Waals surface area contributed by atoms with Crippen molar-refractivity contribution in [3.63, 3.8) is 0 Å². The molecule has 0 aromatic heterocycles. The van der Waals surface area contributed by atoms with Crippen molar-refractivity contribution in [2.75, 3.05) is 21.3 Å². The first-order chi connectivity index (χ1) is 5.74. The van der Waals surface area contributed by atoms with Crippen LogP contribution in [0.25, 0.3) is 0 Å². The summed E-state index contributed by atoms with van der Waals surface area (Å²) in [6.45, 7) is 2.32. The van der Waals surface area contributed by atoms with E-state index < -0.39 is 8.80 Å². The minimum Gasteiger partial charge on any atom is -0.377 e. The minimum absolute atomic E-state index is 0.178. The molecule has 0 heterocycles. The zero-order valence-corrected chi connectivity index (χ0v) is 11.0. The van der Waals surface area contributed by atoms with Crippen LogP contribution in [0.3, 0.4) is 0 Å². The highest BCUT2D eigenvalue weighted by Gasteiger charge is 2.36. The van der Waals surface area contributed by atoms with Crippen molar-refractivity contribution >= 4 is 18.3 Å². The summed E-state index contributed by atoms with van der Waals surface area (Å²) in [6.07, 6.45) is 1.18. The van der Waals surface area contributed by atoms with Crippen molar-refractivity contribution in [1.82, 2.24) is 0 Å². The molecule has 0 N–H and O–H groups in total. The molecule has 0 spiro atoms. The third-order valence-corrected chi connectivity index (χ3v) is 6.06. The van der Waals surface area contributed by atoms with E-state index in [1.165, 1.54) is 12.5 Å². The third-order valence-electron chi connectivity index (χ3n) is 2.02. The van der Waals surface area contributed by atoms with Crippen LogP contribution in [0.4, 0.5) is 0 Å². The van der Waals surface area contributed by atoms with E-state index in [1.54, 1.807) is 21.3 Å². The van der Waals surface area contributed by atoms with Crippen molar-refractivity contribution in [1.29, 1.82) is 0 Å². The molecule has 5 heteroatoms. The molecule has 0 saturated heterocycles. The Morgan fingerprint density at radius 1 is 1.08 bits per heavy atom. The Hall–Kier alpha value is 0.314. The van der Waals surface area contributed by atoms with Crippen LogP contribution in [0.5, 0.6) is 0 Å². The van der Waals surface area contributed by atoms with Crippen LogP contribution in [0.15, 0.2) is 0 Å². The molecule has 0 aliphatic rings. The van der Waals surface area contributed by atoms with Gasteiger partial charge in [0, 0.05) is 36.9 Å². The van der Waals surface area contributed by atoms with Crippen LogP contribution < -0.4 is 0 Å². The van der Waals surface area contributed by atoms with E-state index >= 15 is 0 Å². The molecule has 0 aromatic carbocycles. The fourth-order valence-electron chi connectivity index (χ4n) is 1.15. The lowest BCUT2D eigenvalue weighted by Gasteiger charge is -2.23. The van der Waals surface area contributed by atoms with Crippen LogP contribution in [-0.4, -0.2) is 39.7 Å². The van der Waals surface area contributed by atoms with E-state index in [-0.39, 0.29) is 9.52 Å². The molecular formula is C7H20O3Si2. The molecule has 0 amide bonds. The molecule has 0 bridgehead atoms. The van der Waals surface area contributed by atoms with Crippen molar-refractivity contribution < 1.29 is 13.3 Å². The van der Waals surface area contributed by atoms with E-state index in [9.17, 15) is 0 Å². The maximum Gasteiger partial charge on any atom is 0.500 e.